The van der Waals surface area contributed by atoms with Gasteiger partial charge in [0, 0.05) is 55.6 Å². The molecule has 0 aliphatic carbocycles. The van der Waals surface area contributed by atoms with E-state index in [0.29, 0.717) is 11.8 Å². The number of carbonyl (C=O) groups is 1. The molecule has 1 amide bonds. The van der Waals surface area contributed by atoms with Gasteiger partial charge in [-0.2, -0.15) is 0 Å². The molecule has 0 spiro atoms. The maximum absolute atomic E-state index is 13.1. The molecular formula is C22H28N4OS. The van der Waals surface area contributed by atoms with E-state index in [2.05, 4.69) is 46.0 Å². The van der Waals surface area contributed by atoms with Crippen LogP contribution in [-0.2, 0) is 11.3 Å². The van der Waals surface area contributed by atoms with E-state index in [9.17, 15) is 4.79 Å². The highest BCUT2D eigenvalue weighted by Crippen LogP contribution is 2.37. The maximum atomic E-state index is 13.1. The number of amides is 1. The molecule has 1 aromatic carbocycles. The lowest BCUT2D eigenvalue weighted by atomic mass is 10.2. The predicted molar refractivity (Wildman–Crippen MR) is 115 cm³/mol. The SMILES string of the molecule is CC1CCN(C(=O)CN2CCN(Cc3ccccn3)CC2)c2ccccc2S1. The number of anilines is 1. The number of nitrogens with zero attached hydrogens (tertiary/aromatic N) is 4. The lowest BCUT2D eigenvalue weighted by Crippen LogP contribution is -2.50. The Kier molecular flexibility index (Phi) is 6.29. The summed E-state index contributed by atoms with van der Waals surface area (Å²) in [4.78, 5) is 25.5. The molecule has 2 aliphatic heterocycles. The standard InChI is InChI=1S/C22H28N4OS/c1-18-9-11-26(20-7-2-3-8-21(20)28-18)22(27)17-25-14-12-24(13-15-25)16-19-6-4-5-10-23-19/h2-8,10,18H,9,11-17H2,1H3. The Labute approximate surface area is 171 Å². The number of thioether (sulfide) groups is 1. The first-order valence-corrected chi connectivity index (χ1v) is 11.0. The second-order valence-electron chi connectivity index (χ2n) is 7.60. The summed E-state index contributed by atoms with van der Waals surface area (Å²) in [7, 11) is 0. The lowest BCUT2D eigenvalue weighted by molar-refractivity contribution is -0.120. The second kappa shape index (κ2) is 9.07. The molecule has 1 aromatic heterocycles. The maximum Gasteiger partial charge on any atom is 0.241 e. The molecule has 0 saturated carbocycles. The van der Waals surface area contributed by atoms with Gasteiger partial charge in [0.05, 0.1) is 17.9 Å². The Morgan fingerprint density at radius 1 is 1.04 bits per heavy atom. The first-order valence-electron chi connectivity index (χ1n) is 10.1. The molecule has 1 atom stereocenters. The van der Waals surface area contributed by atoms with Crippen molar-refractivity contribution in [1.29, 1.82) is 0 Å². The van der Waals surface area contributed by atoms with E-state index >= 15 is 0 Å². The Bertz CT molecular complexity index is 792. The second-order valence-corrected chi connectivity index (χ2v) is 9.08. The monoisotopic (exact) mass is 396 g/mol. The number of fused-ring (bicyclic) bond motifs is 1. The van der Waals surface area contributed by atoms with E-state index in [1.54, 1.807) is 0 Å². The van der Waals surface area contributed by atoms with Gasteiger partial charge in [0.25, 0.3) is 0 Å². The fourth-order valence-corrected chi connectivity index (χ4v) is 4.96. The zero-order chi connectivity index (χ0) is 19.3. The third-order valence-electron chi connectivity index (χ3n) is 5.48. The van der Waals surface area contributed by atoms with Gasteiger partial charge in [0.1, 0.15) is 0 Å². The van der Waals surface area contributed by atoms with Gasteiger partial charge in [-0.3, -0.25) is 19.6 Å². The summed E-state index contributed by atoms with van der Waals surface area (Å²) >= 11 is 1.88. The van der Waals surface area contributed by atoms with E-state index in [4.69, 9.17) is 0 Å². The van der Waals surface area contributed by atoms with Crippen molar-refractivity contribution in [3.63, 3.8) is 0 Å². The van der Waals surface area contributed by atoms with Crippen molar-refractivity contribution in [3.05, 3.63) is 54.4 Å². The van der Waals surface area contributed by atoms with E-state index in [0.717, 1.165) is 57.1 Å². The number of carbonyl (C=O) groups excluding carboxylic acids is 1. The van der Waals surface area contributed by atoms with E-state index < -0.39 is 0 Å². The number of piperazine rings is 1. The largest absolute Gasteiger partial charge is 0.310 e. The molecule has 2 aromatic rings. The fraction of sp³-hybridized carbons (Fsp3) is 0.455. The van der Waals surface area contributed by atoms with Gasteiger partial charge in [-0.25, -0.2) is 0 Å². The number of hydrogen-bond acceptors (Lipinski definition) is 5. The molecule has 28 heavy (non-hydrogen) atoms. The molecule has 6 heteroatoms. The van der Waals surface area contributed by atoms with Crippen molar-refractivity contribution in [2.24, 2.45) is 0 Å². The van der Waals surface area contributed by atoms with Crippen LogP contribution in [0.5, 0.6) is 0 Å². The molecule has 1 saturated heterocycles. The molecule has 0 N–H and O–H groups in total. The van der Waals surface area contributed by atoms with Gasteiger partial charge in [-0.05, 0) is 30.7 Å². The van der Waals surface area contributed by atoms with Gasteiger partial charge in [0.2, 0.25) is 5.91 Å². The number of aromatic nitrogens is 1. The summed E-state index contributed by atoms with van der Waals surface area (Å²) in [6.45, 7) is 8.26. The molecule has 0 bridgehead atoms. The summed E-state index contributed by atoms with van der Waals surface area (Å²) in [5.41, 5.74) is 2.19. The zero-order valence-electron chi connectivity index (χ0n) is 16.5. The normalized spacial score (nSPS) is 21.2. The Morgan fingerprint density at radius 3 is 2.57 bits per heavy atom. The summed E-state index contributed by atoms with van der Waals surface area (Å²) in [6, 6.07) is 14.4. The Morgan fingerprint density at radius 2 is 1.79 bits per heavy atom. The topological polar surface area (TPSA) is 39.7 Å². The third-order valence-corrected chi connectivity index (χ3v) is 6.72. The molecule has 1 fully saturated rings. The highest BCUT2D eigenvalue weighted by Gasteiger charge is 2.26. The van der Waals surface area contributed by atoms with Crippen molar-refractivity contribution in [1.82, 2.24) is 14.8 Å². The predicted octanol–water partition coefficient (Wildman–Crippen LogP) is 3.12. The van der Waals surface area contributed by atoms with Crippen LogP contribution in [0.25, 0.3) is 0 Å². The quantitative estimate of drug-likeness (QED) is 0.794. The van der Waals surface area contributed by atoms with Crippen LogP contribution in [0.15, 0.2) is 53.6 Å². The van der Waals surface area contributed by atoms with Gasteiger partial charge >= 0.3 is 0 Å². The number of rotatable bonds is 4. The van der Waals surface area contributed by atoms with Crippen LogP contribution in [-0.4, -0.2) is 65.2 Å². The van der Waals surface area contributed by atoms with Crippen LogP contribution in [0.3, 0.4) is 0 Å². The van der Waals surface area contributed by atoms with Crippen LogP contribution < -0.4 is 4.90 Å². The van der Waals surface area contributed by atoms with Crippen LogP contribution >= 0.6 is 11.8 Å². The molecule has 2 aliphatic rings. The smallest absolute Gasteiger partial charge is 0.241 e. The molecule has 0 radical (unpaired) electrons. The molecule has 5 nitrogen and oxygen atoms in total. The van der Waals surface area contributed by atoms with Crippen molar-refractivity contribution < 1.29 is 4.79 Å². The molecule has 3 heterocycles. The lowest BCUT2D eigenvalue weighted by Gasteiger charge is -2.35. The van der Waals surface area contributed by atoms with Gasteiger partial charge in [-0.1, -0.05) is 25.1 Å². The molecule has 1 unspecified atom stereocenters. The minimum Gasteiger partial charge on any atom is -0.310 e. The van der Waals surface area contributed by atoms with Crippen molar-refractivity contribution in [2.45, 2.75) is 30.0 Å². The van der Waals surface area contributed by atoms with E-state index in [1.807, 2.05) is 41.1 Å². The van der Waals surface area contributed by atoms with E-state index in [1.165, 1.54) is 4.90 Å². The summed E-state index contributed by atoms with van der Waals surface area (Å²) < 4.78 is 0. The highest BCUT2D eigenvalue weighted by molar-refractivity contribution is 8.00. The van der Waals surface area contributed by atoms with Crippen LogP contribution in [0.4, 0.5) is 5.69 Å². The third kappa shape index (κ3) is 4.74. The van der Waals surface area contributed by atoms with Gasteiger partial charge in [-0.15, -0.1) is 11.8 Å². The molecule has 148 valence electrons. The summed E-state index contributed by atoms with van der Waals surface area (Å²) in [5.74, 6) is 0.223. The van der Waals surface area contributed by atoms with E-state index in [-0.39, 0.29) is 5.91 Å². The first kappa shape index (κ1) is 19.4. The zero-order valence-corrected chi connectivity index (χ0v) is 17.3. The number of para-hydroxylation sites is 1. The number of hydrogen-bond donors (Lipinski definition) is 0. The fourth-order valence-electron chi connectivity index (χ4n) is 3.85. The molecular weight excluding hydrogens is 368 g/mol. The minimum absolute atomic E-state index is 0.223. The van der Waals surface area contributed by atoms with Crippen molar-refractivity contribution in [3.8, 4) is 0 Å². The van der Waals surface area contributed by atoms with Crippen molar-refractivity contribution >= 4 is 23.4 Å². The Hall–Kier alpha value is -1.89. The highest BCUT2D eigenvalue weighted by atomic mass is 32.2. The van der Waals surface area contributed by atoms with Gasteiger partial charge in [0.15, 0.2) is 0 Å². The van der Waals surface area contributed by atoms with Crippen molar-refractivity contribution in [2.75, 3.05) is 44.2 Å². The number of benzene rings is 1. The number of pyridine rings is 1. The van der Waals surface area contributed by atoms with Gasteiger partial charge < -0.3 is 4.90 Å². The minimum atomic E-state index is 0.223. The Balaban J connectivity index is 1.33. The first-order chi connectivity index (χ1) is 13.7. The molecule has 4 rings (SSSR count). The average Bonchev–Trinajstić information content (AvgIpc) is 2.88. The van der Waals surface area contributed by atoms with Crippen LogP contribution in [0, 0.1) is 0 Å². The summed E-state index contributed by atoms with van der Waals surface area (Å²) in [5, 5.41) is 0.536. The van der Waals surface area contributed by atoms with Crippen LogP contribution in [0.2, 0.25) is 0 Å². The summed E-state index contributed by atoms with van der Waals surface area (Å²) in [6.07, 6.45) is 2.88. The average molecular weight is 397 g/mol. The van der Waals surface area contributed by atoms with Crippen LogP contribution in [0.1, 0.15) is 19.0 Å².